The van der Waals surface area contributed by atoms with Crippen LogP contribution in [0.25, 0.3) is 0 Å². The monoisotopic (exact) mass is 652 g/mol. The molecular formula is C29H33O15P. The van der Waals surface area contributed by atoms with Gasteiger partial charge in [-0.3, -0.25) is 24.0 Å². The third-order valence-corrected chi connectivity index (χ3v) is 6.95. The highest BCUT2D eigenvalue weighted by molar-refractivity contribution is 7.46. The van der Waals surface area contributed by atoms with Crippen molar-refractivity contribution >= 4 is 37.7 Å². The first-order chi connectivity index (χ1) is 21.0. The summed E-state index contributed by atoms with van der Waals surface area (Å²) in [6.07, 6.45) is -7.42. The quantitative estimate of drug-likeness (QED) is 0.203. The molecule has 0 amide bonds. The van der Waals surface area contributed by atoms with Gasteiger partial charge in [0.15, 0.2) is 18.3 Å². The van der Waals surface area contributed by atoms with Crippen molar-refractivity contribution in [1.29, 1.82) is 0 Å². The summed E-state index contributed by atoms with van der Waals surface area (Å²) in [5.41, 5.74) is -2.95. The molecule has 15 nitrogen and oxygen atoms in total. The number of hydrogen-bond acceptors (Lipinski definition) is 13. The van der Waals surface area contributed by atoms with Gasteiger partial charge in [0, 0.05) is 45.7 Å². The molecule has 1 fully saturated rings. The number of ether oxygens (including phenoxy) is 6. The second-order valence-electron chi connectivity index (χ2n) is 9.90. The van der Waals surface area contributed by atoms with Gasteiger partial charge in [0.1, 0.15) is 12.7 Å². The van der Waals surface area contributed by atoms with Crippen molar-refractivity contribution < 1.29 is 71.3 Å². The number of benzene rings is 2. The van der Waals surface area contributed by atoms with E-state index in [2.05, 4.69) is 0 Å². The summed E-state index contributed by atoms with van der Waals surface area (Å²) >= 11 is 0. The second kappa shape index (κ2) is 14.3. The first-order valence-corrected chi connectivity index (χ1v) is 14.9. The molecule has 0 aliphatic carbocycles. The Morgan fingerprint density at radius 3 is 1.76 bits per heavy atom. The summed E-state index contributed by atoms with van der Waals surface area (Å²) in [5, 5.41) is 0. The molecule has 1 aliphatic heterocycles. The first-order valence-electron chi connectivity index (χ1n) is 13.4. The standard InChI is InChI=1S/C29H33O15P/c1-17(30)38-16-24(39-18(2)31)25-26(40-19(3)32)27(41-20(4)33)28(42-21(5)34,22-12-8-6-9-13-22)29(43-25,44-45(35,36)37)23-14-10-7-11-15-23/h6-15,24-27H,16H2,1-5H3,(H2,35,36,37)/t24-,25+,26+,27-,28-,29-/m0/s1. The fourth-order valence-electron chi connectivity index (χ4n) is 5.18. The maximum absolute atomic E-state index is 13.0. The summed E-state index contributed by atoms with van der Waals surface area (Å²) in [7, 11) is -5.69. The van der Waals surface area contributed by atoms with E-state index < -0.39 is 80.1 Å². The van der Waals surface area contributed by atoms with Crippen LogP contribution in [0.2, 0.25) is 0 Å². The SMILES string of the molecule is CC(=O)OC[C@H](OC(C)=O)[C@H]1O[C@](OP(=O)(O)O)(c2ccccc2)[C@](OC(C)=O)(c2ccccc2)[C@@H](OC(C)=O)[C@@H]1OC(C)=O. The van der Waals surface area contributed by atoms with E-state index in [1.54, 1.807) is 12.1 Å². The molecule has 16 heteroatoms. The largest absolute Gasteiger partial charge is 0.472 e. The highest BCUT2D eigenvalue weighted by Gasteiger charge is 2.75. The van der Waals surface area contributed by atoms with Crippen LogP contribution < -0.4 is 0 Å². The van der Waals surface area contributed by atoms with Crippen LogP contribution in [-0.2, 0) is 72.9 Å². The summed E-state index contributed by atoms with van der Waals surface area (Å²) < 4.78 is 52.4. The van der Waals surface area contributed by atoms with Crippen molar-refractivity contribution in [1.82, 2.24) is 0 Å². The van der Waals surface area contributed by atoms with E-state index in [-0.39, 0.29) is 11.1 Å². The molecule has 45 heavy (non-hydrogen) atoms. The summed E-state index contributed by atoms with van der Waals surface area (Å²) in [6.45, 7) is 4.29. The van der Waals surface area contributed by atoms with Crippen LogP contribution >= 0.6 is 7.82 Å². The van der Waals surface area contributed by atoms with Gasteiger partial charge in [-0.2, -0.15) is 0 Å². The Hall–Kier alpha value is -4.14. The molecule has 0 unspecified atom stereocenters. The molecule has 0 radical (unpaired) electrons. The molecular weight excluding hydrogens is 619 g/mol. The van der Waals surface area contributed by atoms with Crippen LogP contribution in [0.5, 0.6) is 0 Å². The molecule has 0 bridgehead atoms. The number of phosphoric acid groups is 1. The van der Waals surface area contributed by atoms with Gasteiger partial charge in [-0.25, -0.2) is 9.09 Å². The van der Waals surface area contributed by atoms with Gasteiger partial charge < -0.3 is 38.2 Å². The minimum Gasteiger partial charge on any atom is -0.462 e. The van der Waals surface area contributed by atoms with Crippen molar-refractivity contribution in [2.45, 2.75) is 70.4 Å². The Balaban J connectivity index is 2.60. The Morgan fingerprint density at radius 2 is 1.31 bits per heavy atom. The van der Waals surface area contributed by atoms with Crippen LogP contribution in [0.4, 0.5) is 0 Å². The Labute approximate surface area is 257 Å². The number of carbonyl (C=O) groups excluding carboxylic acids is 5. The second-order valence-corrected chi connectivity index (χ2v) is 11.1. The lowest BCUT2D eigenvalue weighted by atomic mass is 9.71. The van der Waals surface area contributed by atoms with Gasteiger partial charge in [-0.05, 0) is 0 Å². The fourth-order valence-corrected chi connectivity index (χ4v) is 5.80. The number of phosphoric ester groups is 1. The third kappa shape index (κ3) is 8.12. The third-order valence-electron chi connectivity index (χ3n) is 6.45. The molecule has 2 N–H and O–H groups in total. The molecule has 2 aromatic rings. The highest BCUT2D eigenvalue weighted by Crippen LogP contribution is 2.61. The summed E-state index contributed by atoms with van der Waals surface area (Å²) in [6, 6.07) is 14.4. The molecule has 2 aromatic carbocycles. The van der Waals surface area contributed by atoms with E-state index in [4.69, 9.17) is 32.9 Å². The van der Waals surface area contributed by atoms with E-state index in [9.17, 15) is 38.3 Å². The predicted octanol–water partition coefficient (Wildman–Crippen LogP) is 2.16. The van der Waals surface area contributed by atoms with Crippen molar-refractivity contribution in [2.75, 3.05) is 6.61 Å². The van der Waals surface area contributed by atoms with Crippen molar-refractivity contribution in [3.63, 3.8) is 0 Å². The van der Waals surface area contributed by atoms with Crippen LogP contribution in [0.3, 0.4) is 0 Å². The average molecular weight is 653 g/mol. The van der Waals surface area contributed by atoms with Crippen molar-refractivity contribution in [2.24, 2.45) is 0 Å². The summed E-state index contributed by atoms with van der Waals surface area (Å²) in [5.74, 6) is -7.76. The lowest BCUT2D eigenvalue weighted by molar-refractivity contribution is -0.403. The predicted molar refractivity (Wildman–Crippen MR) is 149 cm³/mol. The molecule has 0 spiro atoms. The maximum atomic E-state index is 13.0. The normalized spacial score (nSPS) is 25.3. The number of esters is 5. The molecule has 0 saturated carbocycles. The molecule has 6 atom stereocenters. The Kier molecular flexibility index (Phi) is 11.2. The zero-order valence-corrected chi connectivity index (χ0v) is 25.8. The van der Waals surface area contributed by atoms with E-state index >= 15 is 0 Å². The van der Waals surface area contributed by atoms with Gasteiger partial charge in [0.2, 0.25) is 5.60 Å². The van der Waals surface area contributed by atoms with Crippen molar-refractivity contribution in [3.8, 4) is 0 Å². The Bertz CT molecular complexity index is 1440. The van der Waals surface area contributed by atoms with Gasteiger partial charge in [0.25, 0.3) is 5.79 Å². The summed E-state index contributed by atoms with van der Waals surface area (Å²) in [4.78, 5) is 83.0. The van der Waals surface area contributed by atoms with E-state index in [1.807, 2.05) is 0 Å². The van der Waals surface area contributed by atoms with Crippen LogP contribution in [-0.4, -0.2) is 70.7 Å². The van der Waals surface area contributed by atoms with Gasteiger partial charge in [0.05, 0.1) is 0 Å². The van der Waals surface area contributed by atoms with E-state index in [0.29, 0.717) is 0 Å². The lowest BCUT2D eigenvalue weighted by Gasteiger charge is -2.58. The van der Waals surface area contributed by atoms with Crippen LogP contribution in [0, 0.1) is 0 Å². The highest BCUT2D eigenvalue weighted by atomic mass is 31.2. The first kappa shape index (κ1) is 35.3. The average Bonchev–Trinajstić information content (AvgIpc) is 2.93. The van der Waals surface area contributed by atoms with E-state index in [1.165, 1.54) is 48.5 Å². The van der Waals surface area contributed by atoms with Crippen LogP contribution in [0.15, 0.2) is 60.7 Å². The number of rotatable bonds is 11. The minimum atomic E-state index is -5.69. The van der Waals surface area contributed by atoms with Crippen LogP contribution in [0.1, 0.15) is 45.7 Å². The number of hydrogen-bond donors (Lipinski definition) is 2. The maximum Gasteiger partial charge on any atom is 0.472 e. The fraction of sp³-hybridized carbons (Fsp3) is 0.414. The molecule has 1 saturated heterocycles. The Morgan fingerprint density at radius 1 is 0.778 bits per heavy atom. The minimum absolute atomic E-state index is 0.0802. The van der Waals surface area contributed by atoms with Gasteiger partial charge >= 0.3 is 37.7 Å². The zero-order chi connectivity index (χ0) is 33.6. The molecule has 1 heterocycles. The topological polar surface area (TPSA) is 207 Å². The van der Waals surface area contributed by atoms with Gasteiger partial charge in [-0.1, -0.05) is 60.7 Å². The van der Waals surface area contributed by atoms with Crippen molar-refractivity contribution in [3.05, 3.63) is 71.8 Å². The van der Waals surface area contributed by atoms with E-state index in [0.717, 1.165) is 34.6 Å². The number of carbonyl (C=O) groups is 5. The van der Waals surface area contributed by atoms with Gasteiger partial charge in [-0.15, -0.1) is 0 Å². The molecule has 244 valence electrons. The molecule has 0 aromatic heterocycles. The zero-order valence-electron chi connectivity index (χ0n) is 24.9. The molecule has 1 aliphatic rings. The molecule has 3 rings (SSSR count). The lowest BCUT2D eigenvalue weighted by Crippen LogP contribution is -2.74. The smallest absolute Gasteiger partial charge is 0.462 e.